The maximum atomic E-state index is 12.1. The number of halogens is 1. The molecule has 0 heterocycles. The normalized spacial score (nSPS) is 10.8. The highest BCUT2D eigenvalue weighted by atomic mass is 127. The molecule has 2 nitrogen and oxygen atoms in total. The van der Waals surface area contributed by atoms with Gasteiger partial charge in [-0.05, 0) is 55.5 Å². The molecule has 0 saturated carbocycles. The van der Waals surface area contributed by atoms with Crippen molar-refractivity contribution in [3.8, 4) is 0 Å². The standard InChI is InChI=1S/C27H25NOP.HI/c1-22(29)23-13-12-14-24(21-23)28(2)30(25-15-6-3-7-16-25,26-17-8-4-9-18-26)27-19-10-5-11-20-27;/h3-21H,1-2H3;1H/q+1;/p-1. The smallest absolute Gasteiger partial charge is 0.202 e. The van der Waals surface area contributed by atoms with Crippen LogP contribution >= 0.6 is 7.41 Å². The van der Waals surface area contributed by atoms with Crippen molar-refractivity contribution in [1.29, 1.82) is 0 Å². The second-order valence-corrected chi connectivity index (χ2v) is 10.7. The van der Waals surface area contributed by atoms with Crippen LogP contribution in [0.15, 0.2) is 115 Å². The molecule has 0 spiro atoms. The predicted octanol–water partition coefficient (Wildman–Crippen LogP) is 2.24. The minimum Gasteiger partial charge on any atom is -1.00 e. The molecule has 0 N–H and O–H groups in total. The van der Waals surface area contributed by atoms with E-state index in [2.05, 4.69) is 109 Å². The molecule has 0 aliphatic heterocycles. The fourth-order valence-corrected chi connectivity index (χ4v) is 8.21. The Morgan fingerprint density at radius 1 is 0.645 bits per heavy atom. The van der Waals surface area contributed by atoms with E-state index in [0.717, 1.165) is 11.3 Å². The Labute approximate surface area is 202 Å². The monoisotopic (exact) mass is 537 g/mol. The van der Waals surface area contributed by atoms with Crippen LogP contribution in [0.3, 0.4) is 0 Å². The third-order valence-corrected chi connectivity index (χ3v) is 9.73. The average molecular weight is 537 g/mol. The minimum atomic E-state index is -2.19. The van der Waals surface area contributed by atoms with Gasteiger partial charge >= 0.3 is 0 Å². The summed E-state index contributed by atoms with van der Waals surface area (Å²) in [7, 11) is -0.0414. The average Bonchev–Trinajstić information content (AvgIpc) is 2.82. The molecule has 4 aromatic carbocycles. The molecule has 0 aliphatic carbocycles. The summed E-state index contributed by atoms with van der Waals surface area (Å²) in [5.74, 6) is 0.0771. The summed E-state index contributed by atoms with van der Waals surface area (Å²) in [5.41, 5.74) is 1.76. The highest BCUT2D eigenvalue weighted by Crippen LogP contribution is 2.59. The van der Waals surface area contributed by atoms with Gasteiger partial charge in [-0.15, -0.1) is 0 Å². The second-order valence-electron chi connectivity index (χ2n) is 7.27. The van der Waals surface area contributed by atoms with Gasteiger partial charge in [0.05, 0.1) is 5.69 Å². The van der Waals surface area contributed by atoms with Gasteiger partial charge in [-0.1, -0.05) is 66.7 Å². The number of rotatable bonds is 6. The lowest BCUT2D eigenvalue weighted by atomic mass is 10.1. The van der Waals surface area contributed by atoms with Gasteiger partial charge in [-0.25, -0.2) is 4.67 Å². The molecule has 0 bridgehead atoms. The van der Waals surface area contributed by atoms with Gasteiger partial charge < -0.3 is 24.0 Å². The van der Waals surface area contributed by atoms with E-state index in [9.17, 15) is 4.79 Å². The summed E-state index contributed by atoms with van der Waals surface area (Å²) in [6.07, 6.45) is 0. The van der Waals surface area contributed by atoms with Gasteiger partial charge in [0.25, 0.3) is 0 Å². The maximum absolute atomic E-state index is 12.1. The number of ketones is 1. The molecule has 0 unspecified atom stereocenters. The van der Waals surface area contributed by atoms with Crippen LogP contribution in [0.2, 0.25) is 0 Å². The van der Waals surface area contributed by atoms with E-state index < -0.39 is 7.41 Å². The zero-order valence-electron chi connectivity index (χ0n) is 17.7. The summed E-state index contributed by atoms with van der Waals surface area (Å²) in [5, 5.41) is 3.83. The van der Waals surface area contributed by atoms with Crippen LogP contribution in [-0.4, -0.2) is 12.8 Å². The van der Waals surface area contributed by atoms with Gasteiger partial charge in [0.1, 0.15) is 15.9 Å². The Morgan fingerprint density at radius 2 is 1.06 bits per heavy atom. The van der Waals surface area contributed by atoms with E-state index in [4.69, 9.17) is 0 Å². The van der Waals surface area contributed by atoms with Crippen molar-refractivity contribution in [2.24, 2.45) is 0 Å². The molecular formula is C27H25INOP. The van der Waals surface area contributed by atoms with Gasteiger partial charge in [0.2, 0.25) is 7.41 Å². The lowest BCUT2D eigenvalue weighted by Crippen LogP contribution is -3.00. The summed E-state index contributed by atoms with van der Waals surface area (Å²) >= 11 is 0. The Balaban J connectivity index is 0.00000272. The molecule has 0 aromatic heterocycles. The summed E-state index contributed by atoms with van der Waals surface area (Å²) in [6, 6.07) is 40.1. The van der Waals surface area contributed by atoms with E-state index >= 15 is 0 Å². The van der Waals surface area contributed by atoms with Crippen LogP contribution < -0.4 is 44.6 Å². The maximum Gasteiger partial charge on any atom is 0.202 e. The van der Waals surface area contributed by atoms with Crippen molar-refractivity contribution >= 4 is 34.8 Å². The van der Waals surface area contributed by atoms with Crippen LogP contribution in [0.4, 0.5) is 5.69 Å². The molecular weight excluding hydrogens is 512 g/mol. The molecule has 4 heteroatoms. The first-order valence-corrected chi connectivity index (χ1v) is 11.8. The van der Waals surface area contributed by atoms with Crippen molar-refractivity contribution in [3.05, 3.63) is 121 Å². The zero-order valence-corrected chi connectivity index (χ0v) is 20.7. The van der Waals surface area contributed by atoms with Crippen molar-refractivity contribution in [2.45, 2.75) is 6.92 Å². The van der Waals surface area contributed by atoms with Crippen molar-refractivity contribution in [1.82, 2.24) is 0 Å². The molecule has 0 fully saturated rings. The molecule has 31 heavy (non-hydrogen) atoms. The quantitative estimate of drug-likeness (QED) is 0.214. The zero-order chi connectivity index (χ0) is 21.0. The fraction of sp³-hybridized carbons (Fsp3) is 0.0741. The number of nitrogens with zero attached hydrogens (tertiary/aromatic N) is 1. The molecule has 4 rings (SSSR count). The fourth-order valence-electron chi connectivity index (χ4n) is 4.00. The predicted molar refractivity (Wildman–Crippen MR) is 130 cm³/mol. The Bertz CT molecular complexity index is 1040. The van der Waals surface area contributed by atoms with Crippen LogP contribution in [0.1, 0.15) is 17.3 Å². The number of benzene rings is 4. The van der Waals surface area contributed by atoms with E-state index in [1.165, 1.54) is 15.9 Å². The molecule has 0 saturated heterocycles. The first-order valence-electron chi connectivity index (χ1n) is 10.0. The van der Waals surface area contributed by atoms with E-state index in [1.807, 2.05) is 18.2 Å². The Hall–Kier alpha value is -2.49. The lowest BCUT2D eigenvalue weighted by molar-refractivity contribution is -0.0000138. The van der Waals surface area contributed by atoms with Crippen LogP contribution in [-0.2, 0) is 0 Å². The summed E-state index contributed by atoms with van der Waals surface area (Å²) < 4.78 is 2.39. The molecule has 0 amide bonds. The number of carbonyl (C=O) groups excluding carboxylic acids is 1. The third kappa shape index (κ3) is 4.44. The van der Waals surface area contributed by atoms with E-state index in [-0.39, 0.29) is 29.8 Å². The highest BCUT2D eigenvalue weighted by molar-refractivity contribution is 7.96. The molecule has 0 radical (unpaired) electrons. The van der Waals surface area contributed by atoms with Gasteiger partial charge in [0, 0.05) is 12.6 Å². The van der Waals surface area contributed by atoms with Crippen molar-refractivity contribution in [2.75, 3.05) is 11.7 Å². The number of anilines is 1. The summed E-state index contributed by atoms with van der Waals surface area (Å²) in [6.45, 7) is 1.62. The first kappa shape index (κ1) is 23.2. The Kier molecular flexibility index (Phi) is 7.64. The highest BCUT2D eigenvalue weighted by Gasteiger charge is 2.50. The number of Topliss-reactive ketones (excluding diaryl/α,β-unsaturated/α-hetero) is 1. The van der Waals surface area contributed by atoms with E-state index in [0.29, 0.717) is 0 Å². The third-order valence-electron chi connectivity index (χ3n) is 5.47. The Morgan fingerprint density at radius 3 is 1.45 bits per heavy atom. The number of hydrogen-bond donors (Lipinski definition) is 0. The van der Waals surface area contributed by atoms with E-state index in [1.54, 1.807) is 6.92 Å². The topological polar surface area (TPSA) is 20.3 Å². The van der Waals surface area contributed by atoms with Crippen molar-refractivity contribution < 1.29 is 28.8 Å². The SMILES string of the molecule is CC(=O)c1cccc(N(C)[P+](c2ccccc2)(c2ccccc2)c2ccccc2)c1.[I-]. The van der Waals surface area contributed by atoms with Gasteiger partial charge in [0.15, 0.2) is 5.78 Å². The minimum absolute atomic E-state index is 0. The van der Waals surface area contributed by atoms with Gasteiger partial charge in [-0.3, -0.25) is 4.79 Å². The molecule has 0 aliphatic rings. The second kappa shape index (κ2) is 10.2. The number of carbonyl (C=O) groups is 1. The summed E-state index contributed by atoms with van der Waals surface area (Å²) in [4.78, 5) is 12.1. The van der Waals surface area contributed by atoms with Crippen LogP contribution in [0.5, 0.6) is 0 Å². The largest absolute Gasteiger partial charge is 1.00 e. The molecule has 156 valence electrons. The number of hydrogen-bond acceptors (Lipinski definition) is 2. The molecule has 4 aromatic rings. The van der Waals surface area contributed by atoms with Crippen LogP contribution in [0.25, 0.3) is 0 Å². The van der Waals surface area contributed by atoms with Gasteiger partial charge in [-0.2, -0.15) is 0 Å². The molecule has 0 atom stereocenters. The first-order chi connectivity index (χ1) is 14.6. The van der Waals surface area contributed by atoms with Crippen molar-refractivity contribution in [3.63, 3.8) is 0 Å². The lowest BCUT2D eigenvalue weighted by Gasteiger charge is -2.36. The van der Waals surface area contributed by atoms with Crippen LogP contribution in [0, 0.1) is 0 Å².